The van der Waals surface area contributed by atoms with E-state index in [1.54, 1.807) is 47.6 Å². The molecule has 0 radical (unpaired) electrons. The first-order chi connectivity index (χ1) is 44.7. The lowest BCUT2D eigenvalue weighted by atomic mass is 9.91. The Kier molecular flexibility index (Phi) is 36.7. The highest BCUT2D eigenvalue weighted by atomic mass is 32.2. The lowest BCUT2D eigenvalue weighted by Crippen LogP contribution is -2.64. The van der Waals surface area contributed by atoms with Crippen LogP contribution in [0.1, 0.15) is 163 Å². The van der Waals surface area contributed by atoms with Crippen LogP contribution >= 0.6 is 11.8 Å². The quantitative estimate of drug-likeness (QED) is 0.0799. The van der Waals surface area contributed by atoms with E-state index >= 15 is 28.8 Å². The Morgan fingerprint density at radius 3 is 1.40 bits per heavy atom. The number of thioether (sulfide) groups is 1. The average molecular weight is 1380 g/mol. The van der Waals surface area contributed by atoms with E-state index in [9.17, 15) is 29.1 Å². The second-order valence-corrected chi connectivity index (χ2v) is 30.3. The van der Waals surface area contributed by atoms with Crippen LogP contribution in [0.25, 0.3) is 0 Å². The molecule has 96 heavy (non-hydrogen) atoms. The molecule has 2 rings (SSSR count). The largest absolute Gasteiger partial charge is 0.390 e. The normalized spacial score (nSPS) is 27.1. The minimum Gasteiger partial charge on any atom is -0.390 e. The summed E-state index contributed by atoms with van der Waals surface area (Å²) in [4.78, 5) is 176. The van der Waals surface area contributed by atoms with Gasteiger partial charge in [0.25, 0.3) is 0 Å². The first kappa shape index (κ1) is 86.2. The second-order valence-electron chi connectivity index (χ2n) is 29.2. The van der Waals surface area contributed by atoms with Gasteiger partial charge in [0, 0.05) is 68.2 Å². The zero-order valence-corrected chi connectivity index (χ0v) is 63.7. The zero-order chi connectivity index (χ0) is 73.5. The van der Waals surface area contributed by atoms with Gasteiger partial charge in [-0.2, -0.15) is 11.8 Å². The predicted molar refractivity (Wildman–Crippen MR) is 377 cm³/mol. The van der Waals surface area contributed by atoms with Gasteiger partial charge in [0.1, 0.15) is 66.5 Å². The molecule has 25 nitrogen and oxygen atoms in total. The van der Waals surface area contributed by atoms with Crippen molar-refractivity contribution in [3.63, 3.8) is 0 Å². The summed E-state index contributed by atoms with van der Waals surface area (Å²) < 4.78 is 5.54. The summed E-state index contributed by atoms with van der Waals surface area (Å²) in [7, 11) is 10.1. The maximum Gasteiger partial charge on any atom is 0.246 e. The summed E-state index contributed by atoms with van der Waals surface area (Å²) in [6.07, 6.45) is 3.75. The molecule has 2 fully saturated rings. The van der Waals surface area contributed by atoms with Crippen molar-refractivity contribution in [2.24, 2.45) is 41.4 Å². The topological polar surface area (TPSA) is 291 Å². The molecular weight excluding hydrogens is 1250 g/mol. The first-order valence-electron chi connectivity index (χ1n) is 35.0. The van der Waals surface area contributed by atoms with Crippen LogP contribution in [0.2, 0.25) is 0 Å². The zero-order valence-electron chi connectivity index (χ0n) is 62.9. The van der Waals surface area contributed by atoms with Crippen molar-refractivity contribution in [2.75, 3.05) is 93.7 Å². The molecule has 550 valence electrons. The number of ether oxygens (including phenoxy) is 1. The summed E-state index contributed by atoms with van der Waals surface area (Å²) in [5.74, 6) is -9.04. The van der Waals surface area contributed by atoms with Gasteiger partial charge in [-0.15, -0.1) is 0 Å². The summed E-state index contributed by atoms with van der Waals surface area (Å²) in [6.45, 7) is 33.7. The number of carbonyl (C=O) groups is 11. The van der Waals surface area contributed by atoms with Crippen molar-refractivity contribution >= 4 is 76.7 Å². The van der Waals surface area contributed by atoms with Crippen molar-refractivity contribution < 1.29 is 62.6 Å². The Bertz CT molecular complexity index is 2600. The molecule has 0 aromatic heterocycles. The number of nitrogens with one attached hydrogen (secondary N) is 4. The number of hydrogen-bond donors (Lipinski definition) is 5. The Morgan fingerprint density at radius 2 is 0.917 bits per heavy atom. The minimum atomic E-state index is -1.64. The van der Waals surface area contributed by atoms with Gasteiger partial charge in [0.05, 0.1) is 19.3 Å². The number of aliphatic hydroxyl groups excluding tert-OH is 1. The number of nitrogens with zero attached hydrogens (tertiary/aromatic N) is 8. The molecule has 0 aromatic rings. The molecule has 13 atom stereocenters. The highest BCUT2D eigenvalue weighted by Gasteiger charge is 2.46. The third kappa shape index (κ3) is 24.8. The van der Waals surface area contributed by atoms with Gasteiger partial charge in [0.2, 0.25) is 65.0 Å². The molecular formula is C70H126N12O13S. The standard InChI is InChI=1S/C70H126N12O13S/c1-25-27-29-47(15)59(83)58-63(87)73-50(26-2)65(89)79(22)55(40-96-35-28-30-82-31-33-95-34-32-82)68(92)75(18)52(37-42(5)6)62(86)74-56(45(11)12)69(93)76(19)51(36-41(3)4)61(85)71-48(16)60(84)72-49(17)64(88)77(20)53(38-43(7)8)66(90)78(21)54(39-44(9)10)67(91)80(23)57(46(13)14)70(94)81(58)24/h25,27,41-59,83H,26,28-40H2,1-24H3,(H,71,85)(H,72,84)(H,73,87)(H,74,86)/b27-25+/t47-,48-,49+,50-,51-,52+,53-,54-,55-,56-,57-,58-,59-/m1/s1. The van der Waals surface area contributed by atoms with Gasteiger partial charge in [0.15, 0.2) is 0 Å². The van der Waals surface area contributed by atoms with Crippen LogP contribution in [0.5, 0.6) is 0 Å². The molecule has 2 heterocycles. The minimum absolute atomic E-state index is 0.00840. The van der Waals surface area contributed by atoms with E-state index in [1.165, 1.54) is 104 Å². The van der Waals surface area contributed by atoms with Crippen LogP contribution in [0, 0.1) is 41.4 Å². The van der Waals surface area contributed by atoms with Gasteiger partial charge in [-0.25, -0.2) is 0 Å². The number of carbonyl (C=O) groups excluding carboxylic acids is 11. The maximum atomic E-state index is 15.4. The lowest BCUT2D eigenvalue weighted by Gasteiger charge is -2.41. The van der Waals surface area contributed by atoms with Crippen LogP contribution in [-0.4, -0.2) is 276 Å². The molecule has 2 aliphatic heterocycles. The summed E-state index contributed by atoms with van der Waals surface area (Å²) in [5.41, 5.74) is 0. The smallest absolute Gasteiger partial charge is 0.246 e. The fourth-order valence-electron chi connectivity index (χ4n) is 12.4. The van der Waals surface area contributed by atoms with Crippen LogP contribution in [0.4, 0.5) is 0 Å². The van der Waals surface area contributed by atoms with Crippen molar-refractivity contribution in [3.05, 3.63) is 12.2 Å². The number of amides is 11. The van der Waals surface area contributed by atoms with Gasteiger partial charge in [-0.05, 0) is 119 Å². The van der Waals surface area contributed by atoms with E-state index in [-0.39, 0.29) is 61.5 Å². The summed E-state index contributed by atoms with van der Waals surface area (Å²) in [6, 6.07) is -13.7. The van der Waals surface area contributed by atoms with Gasteiger partial charge in [-0.1, -0.05) is 109 Å². The number of aliphatic hydroxyl groups is 1. The molecule has 0 saturated carbocycles. The molecule has 5 N–H and O–H groups in total. The molecule has 26 heteroatoms. The van der Waals surface area contributed by atoms with Crippen molar-refractivity contribution in [3.8, 4) is 0 Å². The van der Waals surface area contributed by atoms with E-state index in [2.05, 4.69) is 26.2 Å². The molecule has 0 unspecified atom stereocenters. The predicted octanol–water partition coefficient (Wildman–Crippen LogP) is 4.09. The maximum absolute atomic E-state index is 15.4. The third-order valence-electron chi connectivity index (χ3n) is 18.5. The Labute approximate surface area is 579 Å². The van der Waals surface area contributed by atoms with E-state index in [1.807, 2.05) is 68.4 Å². The van der Waals surface area contributed by atoms with Crippen molar-refractivity contribution in [1.29, 1.82) is 0 Å². The monoisotopic (exact) mass is 1370 g/mol. The number of morpholine rings is 1. The SMILES string of the molecule is C/C=C/C[C@@H](C)[C@@H](O)[C@@H]1C(=O)N[C@H](CC)C(=O)N(C)[C@H](CSCCCN2CCOCC2)C(=O)N(C)[C@@H](CC(C)C)C(=O)N[C@H](C(C)C)C(=O)N(C)[C@H](CC(C)C)C(=O)N[C@H](C)C(=O)N[C@@H](C)C(=O)N(C)[C@H](CC(C)C)C(=O)N(C)[C@H](CC(C)C)C(=O)N(C)[C@H](C(C)C)C(=O)N1C. The number of rotatable bonds is 21. The van der Waals surface area contributed by atoms with E-state index in [0.29, 0.717) is 25.4 Å². The highest BCUT2D eigenvalue weighted by Crippen LogP contribution is 2.27. The first-order valence-corrected chi connectivity index (χ1v) is 36.1. The highest BCUT2D eigenvalue weighted by molar-refractivity contribution is 7.99. The van der Waals surface area contributed by atoms with E-state index < -0.39 is 155 Å². The Morgan fingerprint density at radius 1 is 0.490 bits per heavy atom. The van der Waals surface area contributed by atoms with Gasteiger partial charge in [-0.3, -0.25) is 57.6 Å². The van der Waals surface area contributed by atoms with Crippen LogP contribution in [0.15, 0.2) is 12.2 Å². The van der Waals surface area contributed by atoms with Crippen LogP contribution in [-0.2, 0) is 57.5 Å². The molecule has 2 saturated heterocycles. The summed E-state index contributed by atoms with van der Waals surface area (Å²) >= 11 is 1.46. The number of hydrogen-bond acceptors (Lipinski definition) is 15. The van der Waals surface area contributed by atoms with Crippen LogP contribution in [0.3, 0.4) is 0 Å². The van der Waals surface area contributed by atoms with Crippen molar-refractivity contribution in [2.45, 2.75) is 235 Å². The van der Waals surface area contributed by atoms with Gasteiger partial charge >= 0.3 is 0 Å². The van der Waals surface area contributed by atoms with E-state index in [4.69, 9.17) is 4.74 Å². The van der Waals surface area contributed by atoms with E-state index in [0.717, 1.165) is 31.0 Å². The molecule has 0 spiro atoms. The number of likely N-dealkylation sites (N-methyl/N-ethyl adjacent to an activating group) is 7. The number of allylic oxidation sites excluding steroid dienone is 2. The Balaban J connectivity index is 3.08. The molecule has 0 aliphatic carbocycles. The third-order valence-corrected chi connectivity index (χ3v) is 19.7. The second kappa shape index (κ2) is 40.9. The molecule has 2 aliphatic rings. The van der Waals surface area contributed by atoms with Gasteiger partial charge < -0.3 is 65.4 Å². The molecule has 0 bridgehead atoms. The molecule has 11 amide bonds. The van der Waals surface area contributed by atoms with Crippen LogP contribution < -0.4 is 21.3 Å². The summed E-state index contributed by atoms with van der Waals surface area (Å²) in [5, 5.41) is 23.6. The average Bonchev–Trinajstić information content (AvgIpc) is 0.813. The fraction of sp³-hybridized carbons (Fsp3) is 0.814. The molecule has 0 aromatic carbocycles. The lowest BCUT2D eigenvalue weighted by molar-refractivity contribution is -0.157. The Hall–Kier alpha value is -5.86. The fourth-order valence-corrected chi connectivity index (χ4v) is 13.5. The van der Waals surface area contributed by atoms with Crippen molar-refractivity contribution in [1.82, 2.24) is 60.5 Å².